The summed E-state index contributed by atoms with van der Waals surface area (Å²) in [4.78, 5) is 11.0. The van der Waals surface area contributed by atoms with Crippen molar-refractivity contribution in [1.82, 2.24) is 5.32 Å². The average molecular weight is 318 g/mol. The van der Waals surface area contributed by atoms with Crippen molar-refractivity contribution in [3.63, 3.8) is 0 Å². The summed E-state index contributed by atoms with van der Waals surface area (Å²) in [7, 11) is 0. The second-order valence-corrected chi connectivity index (χ2v) is 5.10. The normalized spacial score (nSPS) is 14.2. The molecule has 0 fully saturated rings. The lowest BCUT2D eigenvalue weighted by molar-refractivity contribution is -0.139. The van der Waals surface area contributed by atoms with Crippen LogP contribution in [0.2, 0.25) is 0 Å². The molecule has 1 aromatic rings. The molecule has 0 aliphatic heterocycles. The summed E-state index contributed by atoms with van der Waals surface area (Å²) in [5.74, 6) is -1.18. The number of halogens is 2. The second kappa shape index (κ2) is 6.85. The Morgan fingerprint density at radius 3 is 2.72 bits per heavy atom. The van der Waals surface area contributed by atoms with Crippen molar-refractivity contribution >= 4 is 21.9 Å². The predicted molar refractivity (Wildman–Crippen MR) is 72.0 cm³/mol. The zero-order chi connectivity index (χ0) is 13.7. The minimum atomic E-state index is -0.857. The SMILES string of the molecule is CCCC(NC(C)c1ccc(F)c(Br)c1)C(=O)O. The fourth-order valence-corrected chi connectivity index (χ4v) is 2.14. The highest BCUT2D eigenvalue weighted by Gasteiger charge is 2.19. The Hall–Kier alpha value is -0.940. The molecule has 2 N–H and O–H groups in total. The van der Waals surface area contributed by atoms with Crippen LogP contribution in [0, 0.1) is 5.82 Å². The molecule has 0 aromatic heterocycles. The molecule has 0 amide bonds. The van der Waals surface area contributed by atoms with Crippen molar-refractivity contribution in [1.29, 1.82) is 0 Å². The van der Waals surface area contributed by atoms with E-state index in [1.807, 2.05) is 13.8 Å². The molecule has 1 aromatic carbocycles. The van der Waals surface area contributed by atoms with Gasteiger partial charge < -0.3 is 5.11 Å². The Balaban J connectivity index is 2.76. The van der Waals surface area contributed by atoms with Crippen molar-refractivity contribution in [3.05, 3.63) is 34.1 Å². The highest BCUT2D eigenvalue weighted by molar-refractivity contribution is 9.10. The van der Waals surface area contributed by atoms with Gasteiger partial charge in [0.2, 0.25) is 0 Å². The molecule has 0 saturated carbocycles. The van der Waals surface area contributed by atoms with Crippen LogP contribution in [0.15, 0.2) is 22.7 Å². The highest BCUT2D eigenvalue weighted by atomic mass is 79.9. The summed E-state index contributed by atoms with van der Waals surface area (Å²) >= 11 is 3.12. The molecule has 3 nitrogen and oxygen atoms in total. The lowest BCUT2D eigenvalue weighted by Gasteiger charge is -2.20. The van der Waals surface area contributed by atoms with Crippen LogP contribution in [0.4, 0.5) is 4.39 Å². The van der Waals surface area contributed by atoms with Gasteiger partial charge >= 0.3 is 5.97 Å². The first kappa shape index (κ1) is 15.1. The fraction of sp³-hybridized carbons (Fsp3) is 0.462. The first-order valence-electron chi connectivity index (χ1n) is 5.89. The van der Waals surface area contributed by atoms with Crippen molar-refractivity contribution in [3.8, 4) is 0 Å². The van der Waals surface area contributed by atoms with Gasteiger partial charge in [-0.25, -0.2) is 4.39 Å². The van der Waals surface area contributed by atoms with Crippen molar-refractivity contribution in [2.45, 2.75) is 38.8 Å². The molecule has 18 heavy (non-hydrogen) atoms. The molecule has 0 aliphatic rings. The van der Waals surface area contributed by atoms with Gasteiger partial charge in [0.1, 0.15) is 11.9 Å². The number of rotatable bonds is 6. The maximum atomic E-state index is 13.1. The molecule has 0 spiro atoms. The molecule has 0 aliphatic carbocycles. The highest BCUT2D eigenvalue weighted by Crippen LogP contribution is 2.21. The van der Waals surface area contributed by atoms with Crippen LogP contribution in [0.1, 0.15) is 38.3 Å². The summed E-state index contributed by atoms with van der Waals surface area (Å²) in [5, 5.41) is 12.1. The number of hydrogen-bond acceptors (Lipinski definition) is 2. The summed E-state index contributed by atoms with van der Waals surface area (Å²) in [6.45, 7) is 3.81. The van der Waals surface area contributed by atoms with Gasteiger partial charge in [-0.3, -0.25) is 10.1 Å². The molecule has 0 radical (unpaired) electrons. The third kappa shape index (κ3) is 4.07. The minimum absolute atomic E-state index is 0.144. The van der Waals surface area contributed by atoms with E-state index < -0.39 is 12.0 Å². The van der Waals surface area contributed by atoms with Crippen LogP contribution in [0.25, 0.3) is 0 Å². The Labute approximate surface area is 115 Å². The van der Waals surface area contributed by atoms with Gasteiger partial charge in [-0.1, -0.05) is 19.4 Å². The van der Waals surface area contributed by atoms with E-state index in [1.54, 1.807) is 12.1 Å². The third-order valence-electron chi connectivity index (χ3n) is 2.77. The maximum absolute atomic E-state index is 13.1. The van der Waals surface area contributed by atoms with E-state index in [1.165, 1.54) is 6.07 Å². The van der Waals surface area contributed by atoms with Crippen molar-refractivity contribution in [2.75, 3.05) is 0 Å². The monoisotopic (exact) mass is 317 g/mol. The summed E-state index contributed by atoms with van der Waals surface area (Å²) < 4.78 is 13.5. The first-order valence-corrected chi connectivity index (χ1v) is 6.68. The molecule has 100 valence electrons. The summed E-state index contributed by atoms with van der Waals surface area (Å²) in [6, 6.07) is 3.97. The largest absolute Gasteiger partial charge is 0.480 e. The van der Waals surface area contributed by atoms with Crippen LogP contribution in [0.3, 0.4) is 0 Å². The number of hydrogen-bond donors (Lipinski definition) is 2. The summed E-state index contributed by atoms with van der Waals surface area (Å²) in [6.07, 6.45) is 1.37. The van der Waals surface area contributed by atoms with Crippen molar-refractivity contribution < 1.29 is 14.3 Å². The number of nitrogens with one attached hydrogen (secondary N) is 1. The van der Waals surface area contributed by atoms with Gasteiger partial charge in [0.25, 0.3) is 0 Å². The van der Waals surface area contributed by atoms with E-state index >= 15 is 0 Å². The third-order valence-corrected chi connectivity index (χ3v) is 3.38. The number of aliphatic carboxylic acids is 1. The fourth-order valence-electron chi connectivity index (χ4n) is 1.75. The topological polar surface area (TPSA) is 49.3 Å². The molecule has 0 bridgehead atoms. The molecule has 0 saturated heterocycles. The second-order valence-electron chi connectivity index (χ2n) is 4.24. The van der Waals surface area contributed by atoms with E-state index in [0.29, 0.717) is 10.9 Å². The van der Waals surface area contributed by atoms with Crippen LogP contribution in [-0.4, -0.2) is 17.1 Å². The number of carbonyl (C=O) groups is 1. The zero-order valence-corrected chi connectivity index (χ0v) is 12.0. The van der Waals surface area contributed by atoms with E-state index in [2.05, 4.69) is 21.2 Å². The van der Waals surface area contributed by atoms with Crippen LogP contribution < -0.4 is 5.32 Å². The molecule has 2 unspecified atom stereocenters. The number of benzene rings is 1. The Morgan fingerprint density at radius 2 is 2.22 bits per heavy atom. The molecule has 1 rings (SSSR count). The lowest BCUT2D eigenvalue weighted by atomic mass is 10.1. The average Bonchev–Trinajstić information content (AvgIpc) is 2.31. The van der Waals surface area contributed by atoms with Gasteiger partial charge in [0.15, 0.2) is 0 Å². The quantitative estimate of drug-likeness (QED) is 0.844. The Bertz CT molecular complexity index is 425. The molecule has 5 heteroatoms. The Morgan fingerprint density at radius 1 is 1.56 bits per heavy atom. The summed E-state index contributed by atoms with van der Waals surface area (Å²) in [5.41, 5.74) is 0.852. The Kier molecular flexibility index (Phi) is 5.75. The number of carboxylic acid groups (broad SMARTS) is 1. The zero-order valence-electron chi connectivity index (χ0n) is 10.4. The smallest absolute Gasteiger partial charge is 0.320 e. The van der Waals surface area contributed by atoms with Gasteiger partial charge in [-0.05, 0) is 47.0 Å². The van der Waals surface area contributed by atoms with Crippen molar-refractivity contribution in [2.24, 2.45) is 0 Å². The van der Waals surface area contributed by atoms with Crippen LogP contribution in [-0.2, 0) is 4.79 Å². The molecular formula is C13H17BrFNO2. The van der Waals surface area contributed by atoms with Gasteiger partial charge in [-0.2, -0.15) is 0 Å². The number of carboxylic acids is 1. The maximum Gasteiger partial charge on any atom is 0.320 e. The standard InChI is InChI=1S/C13H17BrFNO2/c1-3-4-12(13(17)18)16-8(2)9-5-6-11(15)10(14)7-9/h5-8,12,16H,3-4H2,1-2H3,(H,17,18). The molecular weight excluding hydrogens is 301 g/mol. The molecule has 0 heterocycles. The minimum Gasteiger partial charge on any atom is -0.480 e. The van der Waals surface area contributed by atoms with Gasteiger partial charge in [0.05, 0.1) is 4.47 Å². The predicted octanol–water partition coefficient (Wildman–Crippen LogP) is 3.49. The van der Waals surface area contributed by atoms with Gasteiger partial charge in [-0.15, -0.1) is 0 Å². The van der Waals surface area contributed by atoms with Crippen LogP contribution >= 0.6 is 15.9 Å². The first-order chi connectivity index (χ1) is 8.45. The van der Waals surface area contributed by atoms with E-state index in [0.717, 1.165) is 12.0 Å². The van der Waals surface area contributed by atoms with Crippen LogP contribution in [0.5, 0.6) is 0 Å². The lowest BCUT2D eigenvalue weighted by Crippen LogP contribution is -2.38. The van der Waals surface area contributed by atoms with E-state index in [-0.39, 0.29) is 11.9 Å². The molecule has 2 atom stereocenters. The van der Waals surface area contributed by atoms with Gasteiger partial charge in [0, 0.05) is 6.04 Å². The van der Waals surface area contributed by atoms with E-state index in [4.69, 9.17) is 5.11 Å². The van der Waals surface area contributed by atoms with E-state index in [9.17, 15) is 9.18 Å².